The van der Waals surface area contributed by atoms with Crippen molar-refractivity contribution in [3.63, 3.8) is 0 Å². The number of hydrogen-bond donors (Lipinski definition) is 2. The van der Waals surface area contributed by atoms with Crippen LogP contribution in [0.4, 0.5) is 5.69 Å². The summed E-state index contributed by atoms with van der Waals surface area (Å²) < 4.78 is 12.4. The summed E-state index contributed by atoms with van der Waals surface area (Å²) in [7, 11) is -1.12. The van der Waals surface area contributed by atoms with Crippen molar-refractivity contribution in [2.24, 2.45) is 5.92 Å². The molecule has 5 heteroatoms. The Morgan fingerprint density at radius 2 is 1.92 bits per heavy atom. The Kier molecular flexibility index (Phi) is 5.43. The minimum atomic E-state index is -1.12. The first-order chi connectivity index (χ1) is 11.6. The summed E-state index contributed by atoms with van der Waals surface area (Å²) >= 11 is 0. The highest BCUT2D eigenvalue weighted by atomic mass is 32.2. The molecule has 2 aromatic rings. The number of rotatable bonds is 5. The van der Waals surface area contributed by atoms with Crippen molar-refractivity contribution in [1.29, 1.82) is 0 Å². The number of aliphatic hydroxyl groups excluding tert-OH is 1. The highest BCUT2D eigenvalue weighted by Crippen LogP contribution is 2.27. The van der Waals surface area contributed by atoms with E-state index in [9.17, 15) is 14.1 Å². The monoisotopic (exact) mass is 343 g/mol. The van der Waals surface area contributed by atoms with Crippen LogP contribution in [0.15, 0.2) is 59.5 Å². The van der Waals surface area contributed by atoms with E-state index in [1.54, 1.807) is 0 Å². The summed E-state index contributed by atoms with van der Waals surface area (Å²) in [6.45, 7) is 0. The van der Waals surface area contributed by atoms with Crippen LogP contribution in [0.1, 0.15) is 24.8 Å². The number of carbonyl (C=O) groups excluding carboxylic acids is 1. The fraction of sp³-hybridized carbons (Fsp3) is 0.316. The maximum absolute atomic E-state index is 12.4. The summed E-state index contributed by atoms with van der Waals surface area (Å²) in [4.78, 5) is 13.0. The summed E-state index contributed by atoms with van der Waals surface area (Å²) in [6, 6.07) is 16.8. The zero-order valence-electron chi connectivity index (χ0n) is 13.4. The van der Waals surface area contributed by atoms with Gasteiger partial charge < -0.3 is 10.4 Å². The molecule has 1 fully saturated rings. The molecule has 2 N–H and O–H groups in total. The molecule has 126 valence electrons. The molecule has 1 saturated carbocycles. The summed E-state index contributed by atoms with van der Waals surface area (Å²) in [5, 5.41) is 12.7. The number of anilines is 1. The largest absolute Gasteiger partial charge is 0.392 e. The SMILES string of the molecule is O=C(Nc1cccc(CS(=O)c2ccccc2)c1)C1CCCC1O. The molecule has 3 rings (SSSR count). The molecule has 1 aliphatic rings. The average Bonchev–Trinajstić information content (AvgIpc) is 3.02. The van der Waals surface area contributed by atoms with Crippen molar-refractivity contribution in [3.05, 3.63) is 60.2 Å². The number of nitrogens with one attached hydrogen (secondary N) is 1. The number of amides is 1. The summed E-state index contributed by atoms with van der Waals surface area (Å²) in [5.41, 5.74) is 1.59. The number of benzene rings is 2. The van der Waals surface area contributed by atoms with Crippen molar-refractivity contribution in [3.8, 4) is 0 Å². The highest BCUT2D eigenvalue weighted by molar-refractivity contribution is 7.84. The molecule has 0 aliphatic heterocycles. The quantitative estimate of drug-likeness (QED) is 0.877. The van der Waals surface area contributed by atoms with Crippen LogP contribution in [0.5, 0.6) is 0 Å². The van der Waals surface area contributed by atoms with Crippen molar-refractivity contribution >= 4 is 22.4 Å². The van der Waals surface area contributed by atoms with E-state index in [4.69, 9.17) is 0 Å². The number of carbonyl (C=O) groups is 1. The van der Waals surface area contributed by atoms with Gasteiger partial charge in [-0.25, -0.2) is 0 Å². The van der Waals surface area contributed by atoms with Crippen molar-refractivity contribution < 1.29 is 14.1 Å². The Labute approximate surface area is 144 Å². The van der Waals surface area contributed by atoms with E-state index in [-0.39, 0.29) is 11.8 Å². The Balaban J connectivity index is 1.66. The molecule has 0 radical (unpaired) electrons. The van der Waals surface area contributed by atoms with Gasteiger partial charge in [-0.3, -0.25) is 9.00 Å². The van der Waals surface area contributed by atoms with E-state index in [1.165, 1.54) is 0 Å². The molecular weight excluding hydrogens is 322 g/mol. The van der Waals surface area contributed by atoms with E-state index in [0.29, 0.717) is 17.9 Å². The molecule has 1 amide bonds. The average molecular weight is 343 g/mol. The zero-order chi connectivity index (χ0) is 16.9. The molecule has 1 aliphatic carbocycles. The van der Waals surface area contributed by atoms with Crippen LogP contribution < -0.4 is 5.32 Å². The normalized spacial score (nSPS) is 21.4. The van der Waals surface area contributed by atoms with Gasteiger partial charge in [0.2, 0.25) is 5.91 Å². The van der Waals surface area contributed by atoms with Crippen LogP contribution in [0.2, 0.25) is 0 Å². The van der Waals surface area contributed by atoms with Crippen LogP contribution in [-0.4, -0.2) is 21.3 Å². The topological polar surface area (TPSA) is 66.4 Å². The fourth-order valence-electron chi connectivity index (χ4n) is 3.03. The third-order valence-corrected chi connectivity index (χ3v) is 5.71. The van der Waals surface area contributed by atoms with Crippen LogP contribution in [-0.2, 0) is 21.3 Å². The smallest absolute Gasteiger partial charge is 0.230 e. The molecule has 0 bridgehead atoms. The van der Waals surface area contributed by atoms with Gasteiger partial charge in [0.1, 0.15) is 0 Å². The minimum absolute atomic E-state index is 0.138. The van der Waals surface area contributed by atoms with Crippen LogP contribution in [0.3, 0.4) is 0 Å². The standard InChI is InChI=1S/C19H21NO3S/c21-18-11-5-10-17(18)19(22)20-15-7-4-6-14(12-15)13-24(23)16-8-2-1-3-9-16/h1-4,6-9,12,17-18,21H,5,10-11,13H2,(H,20,22). The second-order valence-electron chi connectivity index (χ2n) is 6.10. The lowest BCUT2D eigenvalue weighted by Crippen LogP contribution is -2.28. The Bertz CT molecular complexity index is 732. The number of aliphatic hydroxyl groups is 1. The van der Waals surface area contributed by atoms with E-state index >= 15 is 0 Å². The molecule has 2 aromatic carbocycles. The molecule has 3 unspecified atom stereocenters. The van der Waals surface area contributed by atoms with Crippen molar-refractivity contribution in [1.82, 2.24) is 0 Å². The number of hydrogen-bond acceptors (Lipinski definition) is 3. The van der Waals surface area contributed by atoms with Crippen LogP contribution in [0, 0.1) is 5.92 Å². The Hall–Kier alpha value is -1.98. The van der Waals surface area contributed by atoms with E-state index in [0.717, 1.165) is 23.3 Å². The lowest BCUT2D eigenvalue weighted by molar-refractivity contribution is -0.122. The Morgan fingerprint density at radius 1 is 1.12 bits per heavy atom. The third kappa shape index (κ3) is 4.10. The lowest BCUT2D eigenvalue weighted by atomic mass is 10.1. The van der Waals surface area contributed by atoms with Gasteiger partial charge in [-0.1, -0.05) is 30.3 Å². The fourth-order valence-corrected chi connectivity index (χ4v) is 4.14. The first-order valence-electron chi connectivity index (χ1n) is 8.15. The van der Waals surface area contributed by atoms with Gasteiger partial charge in [-0.2, -0.15) is 0 Å². The zero-order valence-corrected chi connectivity index (χ0v) is 14.2. The molecule has 0 saturated heterocycles. The van der Waals surface area contributed by atoms with Gasteiger partial charge in [0, 0.05) is 10.6 Å². The molecule has 4 nitrogen and oxygen atoms in total. The Morgan fingerprint density at radius 3 is 2.62 bits per heavy atom. The lowest BCUT2D eigenvalue weighted by Gasteiger charge is -2.15. The predicted octanol–water partition coefficient (Wildman–Crippen LogP) is 3.09. The predicted molar refractivity (Wildman–Crippen MR) is 95.0 cm³/mol. The van der Waals surface area contributed by atoms with Crippen molar-refractivity contribution in [2.45, 2.75) is 36.0 Å². The van der Waals surface area contributed by atoms with Gasteiger partial charge in [-0.05, 0) is 49.1 Å². The van der Waals surface area contributed by atoms with Crippen molar-refractivity contribution in [2.75, 3.05) is 5.32 Å². The maximum atomic E-state index is 12.4. The first kappa shape index (κ1) is 16.9. The van der Waals surface area contributed by atoms with E-state index < -0.39 is 16.9 Å². The first-order valence-corrected chi connectivity index (χ1v) is 9.46. The minimum Gasteiger partial charge on any atom is -0.392 e. The molecule has 24 heavy (non-hydrogen) atoms. The molecule has 0 heterocycles. The molecule has 0 spiro atoms. The molecular formula is C19H21NO3S. The molecule has 3 atom stereocenters. The second-order valence-corrected chi connectivity index (χ2v) is 7.55. The molecule has 0 aromatic heterocycles. The van der Waals surface area contributed by atoms with Gasteiger partial charge >= 0.3 is 0 Å². The third-order valence-electron chi connectivity index (χ3n) is 4.31. The van der Waals surface area contributed by atoms with Gasteiger partial charge in [0.15, 0.2) is 0 Å². The van der Waals surface area contributed by atoms with Crippen LogP contribution in [0.25, 0.3) is 0 Å². The van der Waals surface area contributed by atoms with E-state index in [1.807, 2.05) is 54.6 Å². The van der Waals surface area contributed by atoms with Gasteiger partial charge in [0.05, 0.1) is 28.6 Å². The maximum Gasteiger partial charge on any atom is 0.230 e. The summed E-state index contributed by atoms with van der Waals surface area (Å²) in [5.74, 6) is -0.0619. The van der Waals surface area contributed by atoms with Gasteiger partial charge in [-0.15, -0.1) is 0 Å². The summed E-state index contributed by atoms with van der Waals surface area (Å²) in [6.07, 6.45) is 1.76. The second kappa shape index (κ2) is 7.73. The van der Waals surface area contributed by atoms with Gasteiger partial charge in [0.25, 0.3) is 0 Å². The van der Waals surface area contributed by atoms with E-state index in [2.05, 4.69) is 5.32 Å². The van der Waals surface area contributed by atoms with Crippen LogP contribution >= 0.6 is 0 Å². The highest BCUT2D eigenvalue weighted by Gasteiger charge is 2.31.